The summed E-state index contributed by atoms with van der Waals surface area (Å²) in [6.07, 6.45) is 15.4. The number of Topliss-reactive ketones (excluding diaryl/α,β-unsaturated/α-hetero) is 1. The van der Waals surface area contributed by atoms with Crippen LogP contribution in [0.15, 0.2) is 23.3 Å². The van der Waals surface area contributed by atoms with E-state index in [0.717, 1.165) is 18.3 Å². The van der Waals surface area contributed by atoms with Gasteiger partial charge < -0.3 is 0 Å². The highest BCUT2D eigenvalue weighted by Gasteiger charge is 2.55. The van der Waals surface area contributed by atoms with Crippen molar-refractivity contribution >= 4 is 5.78 Å². The minimum Gasteiger partial charge on any atom is -0.300 e. The molecule has 0 aromatic rings. The zero-order valence-electron chi connectivity index (χ0n) is 14.5. The van der Waals surface area contributed by atoms with Crippen LogP contribution >= 0.6 is 0 Å². The number of ketones is 1. The molecule has 1 nitrogen and oxygen atoms in total. The molecular weight excluding hydrogens is 268 g/mol. The van der Waals surface area contributed by atoms with E-state index in [1.165, 1.54) is 44.9 Å². The first kappa shape index (κ1) is 14.7. The second-order valence-corrected chi connectivity index (χ2v) is 8.82. The van der Waals surface area contributed by atoms with Gasteiger partial charge in [0.05, 0.1) is 0 Å². The molecule has 5 atom stereocenters. The van der Waals surface area contributed by atoms with Gasteiger partial charge in [-0.25, -0.2) is 0 Å². The summed E-state index contributed by atoms with van der Waals surface area (Å²) in [6, 6.07) is 0. The molecule has 2 fully saturated rings. The van der Waals surface area contributed by atoms with Crippen molar-refractivity contribution in [1.82, 2.24) is 0 Å². The Morgan fingerprint density at radius 3 is 2.68 bits per heavy atom. The highest BCUT2D eigenvalue weighted by atomic mass is 16.1. The van der Waals surface area contributed by atoms with E-state index in [2.05, 4.69) is 26.0 Å². The molecule has 2 saturated carbocycles. The largest absolute Gasteiger partial charge is 0.300 e. The van der Waals surface area contributed by atoms with Crippen molar-refractivity contribution in [2.75, 3.05) is 0 Å². The third kappa shape index (κ3) is 1.80. The Kier molecular flexibility index (Phi) is 3.23. The van der Waals surface area contributed by atoms with Crippen LogP contribution in [0, 0.1) is 28.6 Å². The Hall–Kier alpha value is -0.850. The predicted molar refractivity (Wildman–Crippen MR) is 90.5 cm³/mol. The van der Waals surface area contributed by atoms with E-state index in [-0.39, 0.29) is 11.3 Å². The minimum atomic E-state index is 0.170. The van der Waals surface area contributed by atoms with Gasteiger partial charge in [0.25, 0.3) is 0 Å². The number of hydrogen-bond donors (Lipinski definition) is 0. The van der Waals surface area contributed by atoms with Crippen LogP contribution in [0.4, 0.5) is 0 Å². The van der Waals surface area contributed by atoms with Crippen LogP contribution in [0.25, 0.3) is 0 Å². The second-order valence-electron chi connectivity index (χ2n) is 8.82. The molecule has 4 rings (SSSR count). The van der Waals surface area contributed by atoms with Gasteiger partial charge in [-0.3, -0.25) is 4.79 Å². The van der Waals surface area contributed by atoms with Gasteiger partial charge in [0.15, 0.2) is 0 Å². The van der Waals surface area contributed by atoms with Crippen molar-refractivity contribution in [2.24, 2.45) is 28.6 Å². The van der Waals surface area contributed by atoms with Gasteiger partial charge in [-0.1, -0.05) is 43.6 Å². The van der Waals surface area contributed by atoms with Crippen molar-refractivity contribution in [2.45, 2.75) is 72.1 Å². The van der Waals surface area contributed by atoms with E-state index in [1.54, 1.807) is 18.1 Å². The Balaban J connectivity index is 1.71. The molecule has 4 aliphatic rings. The van der Waals surface area contributed by atoms with Gasteiger partial charge in [0, 0.05) is 5.92 Å². The van der Waals surface area contributed by atoms with Crippen LogP contribution in [0.3, 0.4) is 0 Å². The quantitative estimate of drug-likeness (QED) is 0.587. The third-order valence-corrected chi connectivity index (χ3v) is 7.91. The second kappa shape index (κ2) is 4.82. The molecule has 0 radical (unpaired) electrons. The lowest BCUT2D eigenvalue weighted by molar-refractivity contribution is -0.124. The Morgan fingerprint density at radius 1 is 1.09 bits per heavy atom. The summed E-state index contributed by atoms with van der Waals surface area (Å²) in [7, 11) is 0. The molecule has 0 saturated heterocycles. The van der Waals surface area contributed by atoms with Gasteiger partial charge in [-0.2, -0.15) is 0 Å². The summed E-state index contributed by atoms with van der Waals surface area (Å²) in [6.45, 7) is 6.74. The van der Waals surface area contributed by atoms with Crippen molar-refractivity contribution in [1.29, 1.82) is 0 Å². The van der Waals surface area contributed by atoms with Crippen molar-refractivity contribution in [3.63, 3.8) is 0 Å². The van der Waals surface area contributed by atoms with Crippen LogP contribution < -0.4 is 0 Å². The van der Waals surface area contributed by atoms with Crippen molar-refractivity contribution in [3.05, 3.63) is 23.3 Å². The summed E-state index contributed by atoms with van der Waals surface area (Å²) >= 11 is 0. The summed E-state index contributed by atoms with van der Waals surface area (Å²) < 4.78 is 0. The lowest BCUT2D eigenvalue weighted by atomic mass is 9.49. The molecule has 1 heteroatoms. The first-order chi connectivity index (χ1) is 10.5. The maximum atomic E-state index is 12.1. The molecule has 0 aromatic carbocycles. The maximum absolute atomic E-state index is 12.1. The van der Waals surface area contributed by atoms with Crippen LogP contribution in [-0.4, -0.2) is 5.78 Å². The van der Waals surface area contributed by atoms with Crippen LogP contribution in [0.2, 0.25) is 0 Å². The topological polar surface area (TPSA) is 17.1 Å². The summed E-state index contributed by atoms with van der Waals surface area (Å²) in [5.74, 6) is 2.21. The van der Waals surface area contributed by atoms with E-state index in [0.29, 0.717) is 11.2 Å². The molecule has 0 heterocycles. The molecule has 0 unspecified atom stereocenters. The standard InChI is InChI=1S/C21H30O/c1-14(22)17-9-10-18-16-8-7-15-6-4-5-12-20(15,2)19(16)11-13-21(17,18)3/h7,10,16-17,19H,4-6,8-9,11-13H2,1-3H3/t16-,17+,19-,20-,21+/m0/s1. The number of allylic oxidation sites excluding steroid dienone is 4. The molecule has 0 aromatic heterocycles. The Morgan fingerprint density at radius 2 is 1.91 bits per heavy atom. The Bertz CT molecular complexity index is 568. The molecule has 0 spiro atoms. The number of rotatable bonds is 1. The average Bonchev–Trinajstić information content (AvgIpc) is 2.84. The summed E-state index contributed by atoms with van der Waals surface area (Å²) in [5.41, 5.74) is 4.05. The molecule has 0 bridgehead atoms. The lowest BCUT2D eigenvalue weighted by Crippen LogP contribution is -2.47. The van der Waals surface area contributed by atoms with E-state index in [1.807, 2.05) is 0 Å². The van der Waals surface area contributed by atoms with Crippen LogP contribution in [0.5, 0.6) is 0 Å². The fraction of sp³-hybridized carbons (Fsp3) is 0.762. The van der Waals surface area contributed by atoms with E-state index in [4.69, 9.17) is 0 Å². The predicted octanol–water partition coefficient (Wildman–Crippen LogP) is 5.46. The smallest absolute Gasteiger partial charge is 0.134 e. The van der Waals surface area contributed by atoms with Crippen molar-refractivity contribution in [3.8, 4) is 0 Å². The van der Waals surface area contributed by atoms with Crippen LogP contribution in [0.1, 0.15) is 72.1 Å². The molecule has 22 heavy (non-hydrogen) atoms. The lowest BCUT2D eigenvalue weighted by Gasteiger charge is -2.55. The van der Waals surface area contributed by atoms with E-state index in [9.17, 15) is 4.79 Å². The van der Waals surface area contributed by atoms with Gasteiger partial charge in [-0.05, 0) is 74.5 Å². The van der Waals surface area contributed by atoms with E-state index >= 15 is 0 Å². The first-order valence-corrected chi connectivity index (χ1v) is 9.37. The zero-order chi connectivity index (χ0) is 15.5. The molecule has 0 amide bonds. The number of fused-ring (bicyclic) bond motifs is 5. The highest BCUT2D eigenvalue weighted by Crippen LogP contribution is 2.64. The monoisotopic (exact) mass is 298 g/mol. The van der Waals surface area contributed by atoms with Gasteiger partial charge in [-0.15, -0.1) is 0 Å². The molecule has 120 valence electrons. The Labute approximate surface area is 135 Å². The van der Waals surface area contributed by atoms with Gasteiger partial charge >= 0.3 is 0 Å². The number of carbonyl (C=O) groups excluding carboxylic acids is 1. The maximum Gasteiger partial charge on any atom is 0.134 e. The third-order valence-electron chi connectivity index (χ3n) is 7.91. The fourth-order valence-electron chi connectivity index (χ4n) is 6.66. The zero-order valence-corrected chi connectivity index (χ0v) is 14.5. The molecular formula is C21H30O. The number of hydrogen-bond acceptors (Lipinski definition) is 1. The fourth-order valence-corrected chi connectivity index (χ4v) is 6.66. The van der Waals surface area contributed by atoms with Gasteiger partial charge in [0.2, 0.25) is 0 Å². The first-order valence-electron chi connectivity index (χ1n) is 9.37. The highest BCUT2D eigenvalue weighted by molar-refractivity contribution is 5.80. The average molecular weight is 298 g/mol. The SMILES string of the molecule is CC(=O)[C@H]1CC=C2[C@@H]3CC=C4CCCC[C@]4(C)[C@H]3CC[C@@]21C. The summed E-state index contributed by atoms with van der Waals surface area (Å²) in [4.78, 5) is 12.1. The van der Waals surface area contributed by atoms with Crippen molar-refractivity contribution < 1.29 is 4.79 Å². The molecule has 0 N–H and O–H groups in total. The normalized spacial score (nSPS) is 47.0. The van der Waals surface area contributed by atoms with Crippen LogP contribution in [-0.2, 0) is 4.79 Å². The number of carbonyl (C=O) groups is 1. The minimum absolute atomic E-state index is 0.170. The van der Waals surface area contributed by atoms with Gasteiger partial charge in [0.1, 0.15) is 5.78 Å². The summed E-state index contributed by atoms with van der Waals surface area (Å²) in [5, 5.41) is 0. The molecule has 0 aliphatic heterocycles. The van der Waals surface area contributed by atoms with E-state index < -0.39 is 0 Å². The molecule has 4 aliphatic carbocycles.